The molecule has 21 heavy (non-hydrogen) atoms. The molecule has 2 aromatic heterocycles. The summed E-state index contributed by atoms with van der Waals surface area (Å²) < 4.78 is 31.1. The van der Waals surface area contributed by atoms with Crippen LogP contribution in [0, 0.1) is 20.8 Å². The van der Waals surface area contributed by atoms with Gasteiger partial charge >= 0.3 is 0 Å². The number of nitrogens with zero attached hydrogens (tertiary/aromatic N) is 4. The molecule has 0 saturated carbocycles. The first-order valence-corrected chi connectivity index (χ1v) is 8.39. The fourth-order valence-corrected chi connectivity index (χ4v) is 3.63. The highest BCUT2D eigenvalue weighted by atomic mass is 32.2. The summed E-state index contributed by atoms with van der Waals surface area (Å²) >= 11 is 0. The Morgan fingerprint density at radius 1 is 1.10 bits per heavy atom. The number of nitrogens with one attached hydrogen (secondary N) is 1. The van der Waals surface area contributed by atoms with Crippen LogP contribution in [0.15, 0.2) is 11.1 Å². The molecule has 0 fully saturated rings. The normalized spacial score (nSPS) is 11.9. The van der Waals surface area contributed by atoms with Gasteiger partial charge in [0.1, 0.15) is 4.90 Å². The van der Waals surface area contributed by atoms with E-state index < -0.39 is 10.0 Å². The second-order valence-electron chi connectivity index (χ2n) is 4.90. The summed E-state index contributed by atoms with van der Waals surface area (Å²) in [5.41, 5.74) is 2.50. The lowest BCUT2D eigenvalue weighted by Gasteiger charge is -2.07. The second kappa shape index (κ2) is 5.51. The smallest absolute Gasteiger partial charge is 0.265 e. The Morgan fingerprint density at radius 2 is 1.76 bits per heavy atom. The van der Waals surface area contributed by atoms with Gasteiger partial charge in [0.15, 0.2) is 0 Å². The summed E-state index contributed by atoms with van der Waals surface area (Å²) in [5.74, 6) is 0. The van der Waals surface area contributed by atoms with Crippen molar-refractivity contribution in [2.75, 3.05) is 4.72 Å². The Kier molecular flexibility index (Phi) is 4.08. The molecule has 1 N–H and O–H groups in total. The second-order valence-corrected chi connectivity index (χ2v) is 6.55. The molecule has 0 aliphatic carbocycles. The van der Waals surface area contributed by atoms with Crippen molar-refractivity contribution in [3.05, 3.63) is 23.3 Å². The van der Waals surface area contributed by atoms with Crippen molar-refractivity contribution in [2.45, 2.75) is 52.6 Å². The van der Waals surface area contributed by atoms with E-state index in [1.165, 1.54) is 0 Å². The average molecular weight is 311 g/mol. The molecule has 0 saturated heterocycles. The van der Waals surface area contributed by atoms with E-state index >= 15 is 0 Å². The van der Waals surface area contributed by atoms with E-state index in [-0.39, 0.29) is 4.90 Å². The average Bonchev–Trinajstić information content (AvgIpc) is 2.93. The van der Waals surface area contributed by atoms with Crippen molar-refractivity contribution >= 4 is 15.7 Å². The Balaban J connectivity index is 2.42. The molecule has 0 amide bonds. The molecule has 0 aromatic carbocycles. The number of anilines is 1. The molecule has 2 aromatic rings. The van der Waals surface area contributed by atoms with E-state index in [2.05, 4.69) is 14.9 Å². The molecule has 8 heteroatoms. The van der Waals surface area contributed by atoms with Crippen LogP contribution in [-0.2, 0) is 23.1 Å². The topological polar surface area (TPSA) is 81.8 Å². The number of hydrogen-bond donors (Lipinski definition) is 1. The molecule has 0 radical (unpaired) electrons. The van der Waals surface area contributed by atoms with Gasteiger partial charge in [-0.2, -0.15) is 10.2 Å². The Bertz CT molecular complexity index is 758. The van der Waals surface area contributed by atoms with E-state index in [0.717, 1.165) is 5.69 Å². The van der Waals surface area contributed by atoms with Crippen molar-refractivity contribution in [1.29, 1.82) is 0 Å². The van der Waals surface area contributed by atoms with Gasteiger partial charge in [0, 0.05) is 19.3 Å². The summed E-state index contributed by atoms with van der Waals surface area (Å²) in [6, 6.07) is 0. The van der Waals surface area contributed by atoms with Crippen LogP contribution >= 0.6 is 0 Å². The van der Waals surface area contributed by atoms with Crippen LogP contribution in [0.2, 0.25) is 0 Å². The first kappa shape index (κ1) is 15.6. The number of hydrogen-bond acceptors (Lipinski definition) is 4. The molecule has 0 bridgehead atoms. The van der Waals surface area contributed by atoms with Gasteiger partial charge < -0.3 is 0 Å². The van der Waals surface area contributed by atoms with Crippen LogP contribution in [0.1, 0.15) is 30.9 Å². The molecule has 0 aliphatic rings. The van der Waals surface area contributed by atoms with Crippen molar-refractivity contribution in [2.24, 2.45) is 0 Å². The van der Waals surface area contributed by atoms with E-state index in [9.17, 15) is 8.42 Å². The van der Waals surface area contributed by atoms with Gasteiger partial charge in [-0.1, -0.05) is 0 Å². The lowest BCUT2D eigenvalue weighted by Crippen LogP contribution is -2.14. The summed E-state index contributed by atoms with van der Waals surface area (Å²) in [7, 11) is -3.66. The molecule has 2 heterocycles. The van der Waals surface area contributed by atoms with Crippen molar-refractivity contribution in [3.8, 4) is 0 Å². The molecular formula is C13H21N5O2S. The minimum absolute atomic E-state index is 0.201. The van der Waals surface area contributed by atoms with Crippen LogP contribution < -0.4 is 4.72 Å². The standard InChI is InChI=1S/C13H21N5O2S/c1-6-17-8-12(9(3)14-17)21(19,20)16-13-10(4)15-18(7-2)11(13)5/h8,16H,6-7H2,1-5H3. The van der Waals surface area contributed by atoms with E-state index in [4.69, 9.17) is 0 Å². The van der Waals surface area contributed by atoms with Gasteiger partial charge in [0.2, 0.25) is 0 Å². The van der Waals surface area contributed by atoms with Gasteiger partial charge in [-0.25, -0.2) is 8.42 Å². The first-order chi connectivity index (χ1) is 9.80. The third kappa shape index (κ3) is 2.80. The monoisotopic (exact) mass is 311 g/mol. The number of aromatic nitrogens is 4. The SMILES string of the molecule is CCn1cc(S(=O)(=O)Nc2c(C)nn(CC)c2C)c(C)n1. The summed E-state index contributed by atoms with van der Waals surface area (Å²) in [6.45, 7) is 10.5. The van der Waals surface area contributed by atoms with E-state index in [0.29, 0.717) is 30.2 Å². The van der Waals surface area contributed by atoms with Crippen molar-refractivity contribution < 1.29 is 8.42 Å². The molecule has 116 valence electrons. The predicted molar refractivity (Wildman–Crippen MR) is 80.8 cm³/mol. The van der Waals surface area contributed by atoms with Gasteiger partial charge in [0.05, 0.1) is 22.8 Å². The quantitative estimate of drug-likeness (QED) is 0.913. The van der Waals surface area contributed by atoms with Crippen molar-refractivity contribution in [1.82, 2.24) is 19.6 Å². The molecule has 0 aliphatic heterocycles. The molecule has 0 atom stereocenters. The zero-order chi connectivity index (χ0) is 15.8. The van der Waals surface area contributed by atoms with Crippen LogP contribution in [0.5, 0.6) is 0 Å². The number of aryl methyl sites for hydroxylation is 4. The Morgan fingerprint density at radius 3 is 2.24 bits per heavy atom. The van der Waals surface area contributed by atoms with E-state index in [1.54, 1.807) is 29.4 Å². The van der Waals surface area contributed by atoms with Gasteiger partial charge in [-0.3, -0.25) is 14.1 Å². The van der Waals surface area contributed by atoms with E-state index in [1.807, 2.05) is 20.8 Å². The fraction of sp³-hybridized carbons (Fsp3) is 0.538. The summed E-state index contributed by atoms with van der Waals surface area (Å²) in [5, 5.41) is 8.50. The highest BCUT2D eigenvalue weighted by molar-refractivity contribution is 7.92. The molecular weight excluding hydrogens is 290 g/mol. The Hall–Kier alpha value is -1.83. The zero-order valence-electron chi connectivity index (χ0n) is 13.0. The lowest BCUT2D eigenvalue weighted by molar-refractivity contribution is 0.600. The van der Waals surface area contributed by atoms with Crippen LogP contribution in [0.3, 0.4) is 0 Å². The van der Waals surface area contributed by atoms with Crippen LogP contribution in [-0.4, -0.2) is 28.0 Å². The maximum Gasteiger partial charge on any atom is 0.265 e. The maximum absolute atomic E-state index is 12.6. The third-order valence-electron chi connectivity index (χ3n) is 3.43. The van der Waals surface area contributed by atoms with Crippen LogP contribution in [0.4, 0.5) is 5.69 Å². The molecule has 0 unspecified atom stereocenters. The minimum Gasteiger partial charge on any atom is -0.276 e. The highest BCUT2D eigenvalue weighted by Crippen LogP contribution is 2.24. The lowest BCUT2D eigenvalue weighted by atomic mass is 10.3. The summed E-state index contributed by atoms with van der Waals surface area (Å²) in [4.78, 5) is 0.201. The van der Waals surface area contributed by atoms with Gasteiger partial charge in [0.25, 0.3) is 10.0 Å². The highest BCUT2D eigenvalue weighted by Gasteiger charge is 2.23. The minimum atomic E-state index is -3.66. The number of rotatable bonds is 5. The fourth-order valence-electron chi connectivity index (χ4n) is 2.27. The van der Waals surface area contributed by atoms with Crippen LogP contribution in [0.25, 0.3) is 0 Å². The molecule has 7 nitrogen and oxygen atoms in total. The largest absolute Gasteiger partial charge is 0.276 e. The zero-order valence-corrected chi connectivity index (χ0v) is 13.8. The maximum atomic E-state index is 12.6. The van der Waals surface area contributed by atoms with Crippen molar-refractivity contribution in [3.63, 3.8) is 0 Å². The third-order valence-corrected chi connectivity index (χ3v) is 4.88. The van der Waals surface area contributed by atoms with Gasteiger partial charge in [-0.15, -0.1) is 0 Å². The number of sulfonamides is 1. The Labute approximate surface area is 125 Å². The van der Waals surface area contributed by atoms with Gasteiger partial charge in [-0.05, 0) is 34.6 Å². The molecule has 0 spiro atoms. The predicted octanol–water partition coefficient (Wildman–Crippen LogP) is 1.85. The first-order valence-electron chi connectivity index (χ1n) is 6.91. The summed E-state index contributed by atoms with van der Waals surface area (Å²) in [6.07, 6.45) is 1.55. The molecule has 2 rings (SSSR count).